The molecule has 1 saturated carbocycles. The van der Waals surface area contributed by atoms with Crippen LogP contribution in [0.5, 0.6) is 0 Å². The quantitative estimate of drug-likeness (QED) is 0.255. The van der Waals surface area contributed by atoms with Crippen molar-refractivity contribution < 1.29 is 14.4 Å². The Morgan fingerprint density at radius 2 is 1.82 bits per heavy atom. The molecule has 1 saturated heterocycles. The van der Waals surface area contributed by atoms with Crippen LogP contribution < -0.4 is 5.32 Å². The van der Waals surface area contributed by atoms with Crippen molar-refractivity contribution in [2.45, 2.75) is 59.2 Å². The molecule has 3 atom stereocenters. The summed E-state index contributed by atoms with van der Waals surface area (Å²) in [4.78, 5) is 54.3. The number of piperidine rings is 1. The Bertz CT molecular complexity index is 1700. The van der Waals surface area contributed by atoms with Crippen molar-refractivity contribution in [1.29, 1.82) is 0 Å². The molecule has 4 aromatic rings. The zero-order chi connectivity index (χ0) is 28.3. The summed E-state index contributed by atoms with van der Waals surface area (Å²) in [6.07, 6.45) is 4.92. The van der Waals surface area contributed by atoms with E-state index in [9.17, 15) is 14.4 Å². The zero-order valence-corrected chi connectivity index (χ0v) is 24.2. The van der Waals surface area contributed by atoms with E-state index in [0.29, 0.717) is 39.3 Å². The molecule has 1 N–H and O–H groups in total. The molecule has 1 aliphatic carbocycles. The van der Waals surface area contributed by atoms with Gasteiger partial charge in [-0.15, -0.1) is 0 Å². The number of carbonyl (C=O) groups excluding carboxylic acids is 3. The van der Waals surface area contributed by atoms with Crippen LogP contribution in [0.1, 0.15) is 48.6 Å². The number of pyridine rings is 1. The highest BCUT2D eigenvalue weighted by molar-refractivity contribution is 9.10. The van der Waals surface area contributed by atoms with Crippen molar-refractivity contribution >= 4 is 50.2 Å². The number of anilines is 1. The van der Waals surface area contributed by atoms with Crippen LogP contribution in [0.4, 0.5) is 5.82 Å². The zero-order valence-electron chi connectivity index (χ0n) is 22.6. The average Bonchev–Trinajstić information content (AvgIpc) is 3.28. The Hall–Kier alpha value is -3.99. The van der Waals surface area contributed by atoms with E-state index in [1.807, 2.05) is 44.2 Å². The molecule has 0 radical (unpaired) electrons. The highest BCUT2D eigenvalue weighted by Gasteiger charge is 2.64. The van der Waals surface area contributed by atoms with Gasteiger partial charge in [-0.2, -0.15) is 5.10 Å². The number of nitrogens with one attached hydrogen (secondary N) is 1. The number of ketones is 1. The summed E-state index contributed by atoms with van der Waals surface area (Å²) in [6, 6.07) is 8.71. The highest BCUT2D eigenvalue weighted by atomic mass is 79.9. The maximum Gasteiger partial charge on any atom is 0.248 e. The van der Waals surface area contributed by atoms with Gasteiger partial charge in [-0.1, -0.05) is 19.1 Å². The van der Waals surface area contributed by atoms with Crippen molar-refractivity contribution in [3.63, 3.8) is 0 Å². The van der Waals surface area contributed by atoms with Gasteiger partial charge in [0.15, 0.2) is 5.78 Å². The lowest BCUT2D eigenvalue weighted by molar-refractivity contribution is -0.138. The molecular formula is C29H28BrN7O3. The number of aryl methyl sites for hydroxylation is 2. The number of aromatic nitrogens is 5. The number of carbonyl (C=O) groups is 3. The van der Waals surface area contributed by atoms with Gasteiger partial charge < -0.3 is 10.2 Å². The number of hydrogen-bond acceptors (Lipinski definition) is 7. The van der Waals surface area contributed by atoms with E-state index in [0.717, 1.165) is 23.1 Å². The third kappa shape index (κ3) is 4.57. The molecule has 2 fully saturated rings. The lowest BCUT2D eigenvalue weighted by Crippen LogP contribution is -2.47. The number of benzene rings is 1. The van der Waals surface area contributed by atoms with Crippen LogP contribution in [0.25, 0.3) is 22.0 Å². The van der Waals surface area contributed by atoms with Crippen LogP contribution in [0.2, 0.25) is 0 Å². The summed E-state index contributed by atoms with van der Waals surface area (Å²) in [5.41, 5.74) is 3.38. The number of nitrogens with zero attached hydrogens (tertiary/aromatic N) is 6. The second kappa shape index (κ2) is 9.58. The number of Topliss-reactive ketones (excluding diaryl/α,β-unsaturated/α-hetero) is 1. The smallest absolute Gasteiger partial charge is 0.248 e. The first kappa shape index (κ1) is 26.2. The van der Waals surface area contributed by atoms with Crippen LogP contribution in [0.15, 0.2) is 47.3 Å². The monoisotopic (exact) mass is 601 g/mol. The summed E-state index contributed by atoms with van der Waals surface area (Å²) in [6.45, 7) is 7.18. The Balaban J connectivity index is 1.29. The SMILES string of the molecule is CC(=O)c1nn(CC(=O)N2[C@H](C(=O)Nc3nc(Br)ccc3C)C[C@]3(C)C[C@@H]23)c2ccc(-c3cnc(C)nc3)cc12. The average molecular weight is 602 g/mol. The molecule has 6 rings (SSSR count). The minimum Gasteiger partial charge on any atom is -0.325 e. The molecule has 40 heavy (non-hydrogen) atoms. The lowest BCUT2D eigenvalue weighted by Gasteiger charge is -2.27. The summed E-state index contributed by atoms with van der Waals surface area (Å²) < 4.78 is 2.18. The maximum atomic E-state index is 13.8. The van der Waals surface area contributed by atoms with E-state index in [-0.39, 0.29) is 35.6 Å². The second-order valence-corrected chi connectivity index (χ2v) is 11.8. The Kier molecular flexibility index (Phi) is 6.29. The molecule has 2 aliphatic rings. The Labute approximate surface area is 239 Å². The number of hydrogen-bond donors (Lipinski definition) is 1. The Morgan fingerprint density at radius 1 is 1.07 bits per heavy atom. The highest BCUT2D eigenvalue weighted by Crippen LogP contribution is 2.59. The number of likely N-dealkylation sites (tertiary alicyclic amines) is 1. The molecule has 11 heteroatoms. The second-order valence-electron chi connectivity index (χ2n) is 11.0. The van der Waals surface area contributed by atoms with Crippen molar-refractivity contribution in [1.82, 2.24) is 29.6 Å². The maximum absolute atomic E-state index is 13.8. The van der Waals surface area contributed by atoms with E-state index in [1.165, 1.54) is 6.92 Å². The Morgan fingerprint density at radius 3 is 2.55 bits per heavy atom. The van der Waals surface area contributed by atoms with Crippen LogP contribution in [0, 0.1) is 19.3 Å². The fourth-order valence-corrected chi connectivity index (χ4v) is 5.99. The number of halogens is 1. The number of rotatable bonds is 6. The molecule has 0 unspecified atom stereocenters. The van der Waals surface area contributed by atoms with E-state index < -0.39 is 6.04 Å². The standard InChI is InChI=1S/C29H28BrN7O3/c1-15-5-8-24(30)33-27(15)34-28(40)22-10-29(4)11-23(29)37(22)25(39)14-36-21-7-6-18(19-12-31-17(3)32-13-19)9-20(21)26(35-36)16(2)38/h5-9,12-13,22-23H,10-11,14H2,1-4H3,(H,33,34,40)/t22-,23+,29+/m0/s1. The number of fused-ring (bicyclic) bond motifs is 2. The van der Waals surface area contributed by atoms with Crippen LogP contribution in [-0.4, -0.2) is 59.3 Å². The fraction of sp³-hybridized carbons (Fsp3) is 0.345. The third-order valence-electron chi connectivity index (χ3n) is 8.01. The normalized spacial score (nSPS) is 21.4. The fourth-order valence-electron chi connectivity index (χ4n) is 5.68. The largest absolute Gasteiger partial charge is 0.325 e. The van der Waals surface area contributed by atoms with Crippen LogP contribution in [0.3, 0.4) is 0 Å². The summed E-state index contributed by atoms with van der Waals surface area (Å²) in [5, 5.41) is 8.11. The van der Waals surface area contributed by atoms with Gasteiger partial charge in [-0.05, 0) is 77.4 Å². The van der Waals surface area contributed by atoms with Gasteiger partial charge in [-0.25, -0.2) is 15.0 Å². The lowest BCUT2D eigenvalue weighted by atomic mass is 10.0. The van der Waals surface area contributed by atoms with Gasteiger partial charge in [0.05, 0.1) is 5.52 Å². The predicted octanol–water partition coefficient (Wildman–Crippen LogP) is 4.49. The van der Waals surface area contributed by atoms with E-state index >= 15 is 0 Å². The van der Waals surface area contributed by atoms with E-state index in [2.05, 4.69) is 48.2 Å². The van der Waals surface area contributed by atoms with Gasteiger partial charge >= 0.3 is 0 Å². The van der Waals surface area contributed by atoms with Crippen molar-refractivity contribution in [3.8, 4) is 11.1 Å². The van der Waals surface area contributed by atoms with Crippen molar-refractivity contribution in [2.24, 2.45) is 5.41 Å². The molecule has 0 bridgehead atoms. The first-order valence-electron chi connectivity index (χ1n) is 13.1. The molecule has 3 aromatic heterocycles. The topological polar surface area (TPSA) is 123 Å². The van der Waals surface area contributed by atoms with Gasteiger partial charge in [0.25, 0.3) is 0 Å². The van der Waals surface area contributed by atoms with Gasteiger partial charge in [0.2, 0.25) is 11.8 Å². The van der Waals surface area contributed by atoms with Crippen molar-refractivity contribution in [2.75, 3.05) is 5.32 Å². The molecule has 1 aromatic carbocycles. The minimum absolute atomic E-state index is 0.00504. The van der Waals surface area contributed by atoms with E-state index in [1.54, 1.807) is 22.0 Å². The van der Waals surface area contributed by atoms with Crippen LogP contribution >= 0.6 is 15.9 Å². The van der Waals surface area contributed by atoms with E-state index in [4.69, 9.17) is 0 Å². The third-order valence-corrected chi connectivity index (χ3v) is 8.46. The molecule has 10 nitrogen and oxygen atoms in total. The first-order chi connectivity index (χ1) is 19.0. The molecule has 4 heterocycles. The molecule has 1 aliphatic heterocycles. The predicted molar refractivity (Wildman–Crippen MR) is 153 cm³/mol. The molecule has 0 spiro atoms. The summed E-state index contributed by atoms with van der Waals surface area (Å²) in [5.74, 6) is 0.482. The summed E-state index contributed by atoms with van der Waals surface area (Å²) in [7, 11) is 0. The molecule has 2 amide bonds. The number of amides is 2. The van der Waals surface area contributed by atoms with Crippen molar-refractivity contribution in [3.05, 3.63) is 64.4 Å². The van der Waals surface area contributed by atoms with Gasteiger partial charge in [-0.3, -0.25) is 19.1 Å². The van der Waals surface area contributed by atoms with Gasteiger partial charge in [0.1, 0.15) is 34.5 Å². The summed E-state index contributed by atoms with van der Waals surface area (Å²) >= 11 is 3.35. The molecular weight excluding hydrogens is 574 g/mol. The minimum atomic E-state index is -0.612. The van der Waals surface area contributed by atoms with Gasteiger partial charge in [0, 0.05) is 36.3 Å². The van der Waals surface area contributed by atoms with Crippen LogP contribution in [-0.2, 0) is 16.1 Å². The molecule has 204 valence electrons. The first-order valence-corrected chi connectivity index (χ1v) is 13.9.